The third-order valence-corrected chi connectivity index (χ3v) is 3.52. The van der Waals surface area contributed by atoms with Crippen LogP contribution in [-0.2, 0) is 4.74 Å². The topological polar surface area (TPSA) is 37.4 Å². The number of hydrogen-bond acceptors (Lipinski definition) is 4. The number of rotatable bonds is 3. The van der Waals surface area contributed by atoms with Crippen molar-refractivity contribution in [3.8, 4) is 0 Å². The van der Waals surface area contributed by atoms with Crippen LogP contribution < -0.4 is 10.2 Å². The Bertz CT molecular complexity index is 351. The van der Waals surface area contributed by atoms with Crippen molar-refractivity contribution in [1.82, 2.24) is 10.3 Å². The normalized spacial score (nSPS) is 28.8. The summed E-state index contributed by atoms with van der Waals surface area (Å²) < 4.78 is 6.09. The van der Waals surface area contributed by atoms with E-state index >= 15 is 0 Å². The van der Waals surface area contributed by atoms with Crippen molar-refractivity contribution in [2.45, 2.75) is 25.0 Å². The molecule has 0 spiro atoms. The second-order valence-corrected chi connectivity index (χ2v) is 4.80. The van der Waals surface area contributed by atoms with Crippen LogP contribution in [0.2, 0.25) is 0 Å². The lowest BCUT2D eigenvalue weighted by Gasteiger charge is -2.19. The van der Waals surface area contributed by atoms with Gasteiger partial charge in [0, 0.05) is 25.8 Å². The maximum Gasteiger partial charge on any atom is 0.128 e. The molecule has 4 nitrogen and oxygen atoms in total. The Morgan fingerprint density at radius 2 is 2.29 bits per heavy atom. The van der Waals surface area contributed by atoms with Gasteiger partial charge in [-0.1, -0.05) is 6.07 Å². The summed E-state index contributed by atoms with van der Waals surface area (Å²) in [5.41, 5.74) is 0. The van der Waals surface area contributed by atoms with Gasteiger partial charge in [0.25, 0.3) is 0 Å². The Labute approximate surface area is 102 Å². The van der Waals surface area contributed by atoms with Gasteiger partial charge in [-0.2, -0.15) is 0 Å². The molecular formula is C13H19N3O. The first kappa shape index (κ1) is 11.0. The Morgan fingerprint density at radius 1 is 1.29 bits per heavy atom. The van der Waals surface area contributed by atoms with E-state index in [4.69, 9.17) is 4.74 Å². The first-order valence-electron chi connectivity index (χ1n) is 6.44. The molecule has 2 aliphatic rings. The largest absolute Gasteiger partial charge is 0.372 e. The van der Waals surface area contributed by atoms with E-state index in [1.54, 1.807) is 0 Å². The van der Waals surface area contributed by atoms with Crippen LogP contribution in [0.3, 0.4) is 0 Å². The number of nitrogens with zero attached hydrogens (tertiary/aromatic N) is 2. The van der Waals surface area contributed by atoms with E-state index in [-0.39, 0.29) is 0 Å². The summed E-state index contributed by atoms with van der Waals surface area (Å²) in [7, 11) is 0. The van der Waals surface area contributed by atoms with E-state index in [1.165, 1.54) is 0 Å². The van der Waals surface area contributed by atoms with Crippen LogP contribution in [0, 0.1) is 0 Å². The van der Waals surface area contributed by atoms with Crippen LogP contribution in [0.1, 0.15) is 12.8 Å². The zero-order valence-electron chi connectivity index (χ0n) is 10.0. The van der Waals surface area contributed by atoms with Gasteiger partial charge in [-0.15, -0.1) is 0 Å². The third-order valence-electron chi connectivity index (χ3n) is 3.52. The molecule has 2 fully saturated rings. The molecule has 92 valence electrons. The smallest absolute Gasteiger partial charge is 0.128 e. The van der Waals surface area contributed by atoms with Gasteiger partial charge in [0.2, 0.25) is 0 Å². The molecule has 0 saturated carbocycles. The Kier molecular flexibility index (Phi) is 3.25. The average Bonchev–Trinajstić information content (AvgIpc) is 3.02. The second kappa shape index (κ2) is 5.02. The van der Waals surface area contributed by atoms with Crippen molar-refractivity contribution in [2.24, 2.45) is 0 Å². The van der Waals surface area contributed by atoms with Crippen molar-refractivity contribution in [3.05, 3.63) is 24.4 Å². The predicted molar refractivity (Wildman–Crippen MR) is 67.2 cm³/mol. The monoisotopic (exact) mass is 233 g/mol. The summed E-state index contributed by atoms with van der Waals surface area (Å²) in [6, 6.07) is 6.06. The zero-order chi connectivity index (χ0) is 11.5. The molecule has 0 bridgehead atoms. The van der Waals surface area contributed by atoms with E-state index < -0.39 is 0 Å². The van der Waals surface area contributed by atoms with E-state index in [2.05, 4.69) is 21.3 Å². The number of pyridine rings is 1. The minimum absolute atomic E-state index is 0.377. The Balaban J connectivity index is 1.55. The lowest BCUT2D eigenvalue weighted by Crippen LogP contribution is -2.28. The quantitative estimate of drug-likeness (QED) is 0.846. The van der Waals surface area contributed by atoms with Crippen molar-refractivity contribution in [1.29, 1.82) is 0 Å². The first-order valence-corrected chi connectivity index (χ1v) is 6.44. The summed E-state index contributed by atoms with van der Waals surface area (Å²) in [6.45, 7) is 4.15. The van der Waals surface area contributed by atoms with Crippen molar-refractivity contribution < 1.29 is 4.74 Å². The highest BCUT2D eigenvalue weighted by atomic mass is 16.5. The minimum Gasteiger partial charge on any atom is -0.372 e. The molecule has 4 heteroatoms. The van der Waals surface area contributed by atoms with Crippen molar-refractivity contribution >= 4 is 5.82 Å². The SMILES string of the molecule is c1ccc(N2CCC(OC3CCNC3)C2)nc1. The van der Waals surface area contributed by atoms with Gasteiger partial charge in [-0.25, -0.2) is 4.98 Å². The average molecular weight is 233 g/mol. The maximum atomic E-state index is 6.09. The molecule has 0 aromatic carbocycles. The zero-order valence-corrected chi connectivity index (χ0v) is 10.0. The van der Waals surface area contributed by atoms with Crippen LogP contribution in [0.5, 0.6) is 0 Å². The van der Waals surface area contributed by atoms with E-state index in [1.807, 2.05) is 18.3 Å². The number of ether oxygens (including phenoxy) is 1. The van der Waals surface area contributed by atoms with Crippen LogP contribution >= 0.6 is 0 Å². The third kappa shape index (κ3) is 2.58. The predicted octanol–water partition coefficient (Wildman–Crippen LogP) is 1.04. The first-order chi connectivity index (χ1) is 8.42. The van der Waals surface area contributed by atoms with Gasteiger partial charge in [-0.05, 0) is 31.5 Å². The van der Waals surface area contributed by atoms with Crippen LogP contribution in [0.4, 0.5) is 5.82 Å². The maximum absolute atomic E-state index is 6.09. The Hall–Kier alpha value is -1.13. The van der Waals surface area contributed by atoms with Gasteiger partial charge in [0.15, 0.2) is 0 Å². The highest BCUT2D eigenvalue weighted by molar-refractivity contribution is 5.39. The van der Waals surface area contributed by atoms with E-state index in [9.17, 15) is 0 Å². The fourth-order valence-corrected chi connectivity index (χ4v) is 2.60. The number of aromatic nitrogens is 1. The molecule has 0 radical (unpaired) electrons. The lowest BCUT2D eigenvalue weighted by molar-refractivity contribution is 0.0115. The van der Waals surface area contributed by atoms with Gasteiger partial charge >= 0.3 is 0 Å². The van der Waals surface area contributed by atoms with Crippen LogP contribution in [-0.4, -0.2) is 43.4 Å². The molecule has 1 aromatic rings. The lowest BCUT2D eigenvalue weighted by atomic mass is 10.3. The second-order valence-electron chi connectivity index (χ2n) is 4.80. The Morgan fingerprint density at radius 3 is 3.06 bits per heavy atom. The molecule has 17 heavy (non-hydrogen) atoms. The van der Waals surface area contributed by atoms with Gasteiger partial charge in [0.1, 0.15) is 5.82 Å². The summed E-state index contributed by atoms with van der Waals surface area (Å²) in [4.78, 5) is 6.70. The molecule has 2 aliphatic heterocycles. The minimum atomic E-state index is 0.377. The standard InChI is InChI=1S/C13H19N3O/c1-2-6-15-13(3-1)16-8-5-12(10-16)17-11-4-7-14-9-11/h1-3,6,11-12,14H,4-5,7-10H2. The summed E-state index contributed by atoms with van der Waals surface area (Å²) in [6.07, 6.45) is 4.92. The summed E-state index contributed by atoms with van der Waals surface area (Å²) in [5.74, 6) is 1.07. The van der Waals surface area contributed by atoms with Gasteiger partial charge < -0.3 is 15.0 Å². The fourth-order valence-electron chi connectivity index (χ4n) is 2.60. The van der Waals surface area contributed by atoms with Crippen molar-refractivity contribution in [3.63, 3.8) is 0 Å². The molecular weight excluding hydrogens is 214 g/mol. The molecule has 1 aromatic heterocycles. The van der Waals surface area contributed by atoms with Gasteiger partial charge in [-0.3, -0.25) is 0 Å². The van der Waals surface area contributed by atoms with E-state index in [0.717, 1.165) is 44.8 Å². The van der Waals surface area contributed by atoms with E-state index in [0.29, 0.717) is 12.2 Å². The van der Waals surface area contributed by atoms with Crippen LogP contribution in [0.15, 0.2) is 24.4 Å². The van der Waals surface area contributed by atoms with Gasteiger partial charge in [0.05, 0.1) is 12.2 Å². The molecule has 2 saturated heterocycles. The highest BCUT2D eigenvalue weighted by Crippen LogP contribution is 2.21. The molecule has 3 heterocycles. The summed E-state index contributed by atoms with van der Waals surface area (Å²) in [5, 5.41) is 3.34. The molecule has 0 aliphatic carbocycles. The number of nitrogens with one attached hydrogen (secondary N) is 1. The molecule has 2 unspecified atom stereocenters. The molecule has 3 rings (SSSR count). The molecule has 2 atom stereocenters. The van der Waals surface area contributed by atoms with Crippen LogP contribution in [0.25, 0.3) is 0 Å². The fraction of sp³-hybridized carbons (Fsp3) is 0.615. The van der Waals surface area contributed by atoms with Crippen molar-refractivity contribution in [2.75, 3.05) is 31.1 Å². The summed E-state index contributed by atoms with van der Waals surface area (Å²) >= 11 is 0. The highest BCUT2D eigenvalue weighted by Gasteiger charge is 2.27. The molecule has 1 N–H and O–H groups in total. The molecule has 0 amide bonds. The number of hydrogen-bond donors (Lipinski definition) is 1. The number of anilines is 1.